The smallest absolute Gasteiger partial charge is 0.313 e. The van der Waals surface area contributed by atoms with Crippen molar-refractivity contribution in [3.8, 4) is 0 Å². The molecule has 23 heavy (non-hydrogen) atoms. The Kier molecular flexibility index (Phi) is 17.4. The standard InChI is InChI=1S/C19H36O3S/c1-3-4-5-6-7-8-9-10-11-12-15-23-16-13-14-22-19(21)17-18(2)20/h3-17H2,1-2H3. The molecule has 0 atom stereocenters. The maximum Gasteiger partial charge on any atom is 0.313 e. The van der Waals surface area contributed by atoms with Gasteiger partial charge in [-0.15, -0.1) is 0 Å². The van der Waals surface area contributed by atoms with Crippen molar-refractivity contribution in [2.75, 3.05) is 18.1 Å². The molecule has 0 aliphatic heterocycles. The Bertz CT molecular complexity index is 292. The number of ether oxygens (including phenoxy) is 1. The van der Waals surface area contributed by atoms with Crippen molar-refractivity contribution in [3.05, 3.63) is 0 Å². The van der Waals surface area contributed by atoms with Crippen molar-refractivity contribution in [1.82, 2.24) is 0 Å². The summed E-state index contributed by atoms with van der Waals surface area (Å²) in [5.74, 6) is 1.71. The molecule has 0 saturated carbocycles. The highest BCUT2D eigenvalue weighted by Crippen LogP contribution is 2.12. The molecule has 3 nitrogen and oxygen atoms in total. The van der Waals surface area contributed by atoms with Crippen LogP contribution in [-0.2, 0) is 14.3 Å². The number of thioether (sulfide) groups is 1. The first kappa shape index (κ1) is 22.5. The van der Waals surface area contributed by atoms with Crippen molar-refractivity contribution in [3.63, 3.8) is 0 Å². The fraction of sp³-hybridized carbons (Fsp3) is 0.895. The zero-order valence-electron chi connectivity index (χ0n) is 15.2. The van der Waals surface area contributed by atoms with E-state index in [2.05, 4.69) is 6.92 Å². The number of esters is 1. The zero-order chi connectivity index (χ0) is 17.2. The van der Waals surface area contributed by atoms with Crippen LogP contribution in [0, 0.1) is 0 Å². The molecule has 0 aromatic rings. The Balaban J connectivity index is 3.08. The summed E-state index contributed by atoms with van der Waals surface area (Å²) in [6, 6.07) is 0. The number of hydrogen-bond acceptors (Lipinski definition) is 4. The van der Waals surface area contributed by atoms with E-state index in [0.717, 1.165) is 12.2 Å². The van der Waals surface area contributed by atoms with E-state index in [9.17, 15) is 9.59 Å². The molecule has 0 fully saturated rings. The van der Waals surface area contributed by atoms with E-state index in [1.807, 2.05) is 11.8 Å². The SMILES string of the molecule is CCCCCCCCCCCCSCCCOC(=O)CC(C)=O. The first-order chi connectivity index (χ1) is 11.2. The van der Waals surface area contributed by atoms with Gasteiger partial charge in [0.2, 0.25) is 0 Å². The third-order valence-corrected chi connectivity index (χ3v) is 4.89. The molecular formula is C19H36O3S. The van der Waals surface area contributed by atoms with Gasteiger partial charge < -0.3 is 4.74 Å². The molecule has 136 valence electrons. The highest BCUT2D eigenvalue weighted by molar-refractivity contribution is 7.99. The number of carbonyl (C=O) groups excluding carboxylic acids is 2. The number of hydrogen-bond donors (Lipinski definition) is 0. The molecule has 0 N–H and O–H groups in total. The minimum Gasteiger partial charge on any atom is -0.465 e. The second-order valence-corrected chi connectivity index (χ2v) is 7.47. The summed E-state index contributed by atoms with van der Waals surface area (Å²) >= 11 is 1.94. The van der Waals surface area contributed by atoms with E-state index in [1.165, 1.54) is 76.9 Å². The number of rotatable bonds is 17. The Morgan fingerprint density at radius 3 is 1.87 bits per heavy atom. The molecule has 0 aromatic carbocycles. The second kappa shape index (κ2) is 17.8. The number of carbonyl (C=O) groups is 2. The molecule has 0 unspecified atom stereocenters. The zero-order valence-corrected chi connectivity index (χ0v) is 16.1. The average molecular weight is 345 g/mol. The van der Waals surface area contributed by atoms with Crippen LogP contribution in [0.2, 0.25) is 0 Å². The molecular weight excluding hydrogens is 308 g/mol. The van der Waals surface area contributed by atoms with Crippen LogP contribution < -0.4 is 0 Å². The van der Waals surface area contributed by atoms with Crippen LogP contribution in [-0.4, -0.2) is 29.9 Å². The van der Waals surface area contributed by atoms with Gasteiger partial charge in [0.1, 0.15) is 12.2 Å². The summed E-state index contributed by atoms with van der Waals surface area (Å²) in [6.07, 6.45) is 14.6. The van der Waals surface area contributed by atoms with Gasteiger partial charge >= 0.3 is 5.97 Å². The lowest BCUT2D eigenvalue weighted by molar-refractivity contribution is -0.145. The van der Waals surface area contributed by atoms with Crippen LogP contribution >= 0.6 is 11.8 Å². The van der Waals surface area contributed by atoms with Crippen molar-refractivity contribution in [2.24, 2.45) is 0 Å². The van der Waals surface area contributed by atoms with Crippen LogP contribution in [0.15, 0.2) is 0 Å². The highest BCUT2D eigenvalue weighted by Gasteiger charge is 2.05. The fourth-order valence-electron chi connectivity index (χ4n) is 2.39. The average Bonchev–Trinajstić information content (AvgIpc) is 2.50. The summed E-state index contributed by atoms with van der Waals surface area (Å²) in [7, 11) is 0. The predicted molar refractivity (Wildman–Crippen MR) is 100 cm³/mol. The lowest BCUT2D eigenvalue weighted by Crippen LogP contribution is -2.10. The molecule has 0 radical (unpaired) electrons. The van der Waals surface area contributed by atoms with Gasteiger partial charge in [-0.2, -0.15) is 11.8 Å². The molecule has 4 heteroatoms. The highest BCUT2D eigenvalue weighted by atomic mass is 32.2. The van der Waals surface area contributed by atoms with Crippen LogP contribution in [0.4, 0.5) is 0 Å². The van der Waals surface area contributed by atoms with Gasteiger partial charge in [-0.3, -0.25) is 9.59 Å². The van der Waals surface area contributed by atoms with Crippen molar-refractivity contribution < 1.29 is 14.3 Å². The summed E-state index contributed by atoms with van der Waals surface area (Å²) < 4.78 is 4.99. The molecule has 0 aliphatic rings. The maximum atomic E-state index is 11.1. The van der Waals surface area contributed by atoms with Crippen molar-refractivity contribution in [1.29, 1.82) is 0 Å². The number of unbranched alkanes of at least 4 members (excludes halogenated alkanes) is 9. The molecule has 0 saturated heterocycles. The largest absolute Gasteiger partial charge is 0.465 e. The lowest BCUT2D eigenvalue weighted by Gasteiger charge is -2.04. The minimum atomic E-state index is -0.391. The summed E-state index contributed by atoms with van der Waals surface area (Å²) in [6.45, 7) is 4.11. The second-order valence-electron chi connectivity index (χ2n) is 6.25. The maximum absolute atomic E-state index is 11.1. The van der Waals surface area contributed by atoms with E-state index < -0.39 is 5.97 Å². The van der Waals surface area contributed by atoms with Gasteiger partial charge in [-0.1, -0.05) is 64.7 Å². The number of Topliss-reactive ketones (excluding diaryl/α,β-unsaturated/α-hetero) is 1. The summed E-state index contributed by atoms with van der Waals surface area (Å²) in [5, 5.41) is 0. The topological polar surface area (TPSA) is 43.4 Å². The molecule has 0 rings (SSSR count). The normalized spacial score (nSPS) is 10.7. The molecule has 0 aliphatic carbocycles. The third kappa shape index (κ3) is 19.4. The van der Waals surface area contributed by atoms with E-state index >= 15 is 0 Å². The van der Waals surface area contributed by atoms with E-state index in [4.69, 9.17) is 4.74 Å². The van der Waals surface area contributed by atoms with Gasteiger partial charge in [0.05, 0.1) is 6.61 Å². The van der Waals surface area contributed by atoms with Crippen LogP contribution in [0.25, 0.3) is 0 Å². The van der Waals surface area contributed by atoms with Crippen molar-refractivity contribution >= 4 is 23.5 Å². The van der Waals surface area contributed by atoms with E-state index in [1.54, 1.807) is 0 Å². The van der Waals surface area contributed by atoms with E-state index in [-0.39, 0.29) is 12.2 Å². The minimum absolute atomic E-state index is 0.0915. The monoisotopic (exact) mass is 344 g/mol. The van der Waals surface area contributed by atoms with Gasteiger partial charge in [-0.05, 0) is 31.3 Å². The first-order valence-corrected chi connectivity index (χ1v) is 10.5. The Hall–Kier alpha value is -0.510. The molecule has 0 bridgehead atoms. The summed E-state index contributed by atoms with van der Waals surface area (Å²) in [5.41, 5.74) is 0. The lowest BCUT2D eigenvalue weighted by atomic mass is 10.1. The summed E-state index contributed by atoms with van der Waals surface area (Å²) in [4.78, 5) is 21.8. The van der Waals surface area contributed by atoms with Crippen LogP contribution in [0.5, 0.6) is 0 Å². The third-order valence-electron chi connectivity index (χ3n) is 3.73. The molecule has 0 amide bonds. The fourth-order valence-corrected chi connectivity index (χ4v) is 3.33. The quantitative estimate of drug-likeness (QED) is 0.197. The molecule has 0 spiro atoms. The Morgan fingerprint density at radius 2 is 1.30 bits per heavy atom. The first-order valence-electron chi connectivity index (χ1n) is 9.39. The predicted octanol–water partition coefficient (Wildman–Crippen LogP) is 5.55. The van der Waals surface area contributed by atoms with Crippen molar-refractivity contribution in [2.45, 2.75) is 90.9 Å². The van der Waals surface area contributed by atoms with Gasteiger partial charge in [0, 0.05) is 0 Å². The van der Waals surface area contributed by atoms with Crippen LogP contribution in [0.3, 0.4) is 0 Å². The van der Waals surface area contributed by atoms with Gasteiger partial charge in [-0.25, -0.2) is 0 Å². The Morgan fingerprint density at radius 1 is 0.783 bits per heavy atom. The van der Waals surface area contributed by atoms with Gasteiger partial charge in [0.25, 0.3) is 0 Å². The van der Waals surface area contributed by atoms with E-state index in [0.29, 0.717) is 6.61 Å². The number of ketones is 1. The molecule has 0 aromatic heterocycles. The Labute approximate surface area is 147 Å². The van der Waals surface area contributed by atoms with Gasteiger partial charge in [0.15, 0.2) is 0 Å². The molecule has 0 heterocycles. The van der Waals surface area contributed by atoms with Crippen LogP contribution in [0.1, 0.15) is 90.9 Å².